The molecule has 0 aliphatic carbocycles. The van der Waals surface area contributed by atoms with Crippen LogP contribution in [0.4, 0.5) is 13.2 Å². The van der Waals surface area contributed by atoms with E-state index in [1.54, 1.807) is 24.3 Å². The summed E-state index contributed by atoms with van der Waals surface area (Å²) in [7, 11) is 1.36. The van der Waals surface area contributed by atoms with E-state index in [9.17, 15) is 18.0 Å². The molecule has 0 fully saturated rings. The van der Waals surface area contributed by atoms with E-state index in [-0.39, 0.29) is 13.0 Å². The van der Waals surface area contributed by atoms with Crippen LogP contribution in [0, 0.1) is 0 Å². The summed E-state index contributed by atoms with van der Waals surface area (Å²) in [4.78, 5) is 15.8. The van der Waals surface area contributed by atoms with Gasteiger partial charge in [0.15, 0.2) is 6.10 Å². The minimum atomic E-state index is -4.38. The molecule has 0 aliphatic heterocycles. The second kappa shape index (κ2) is 9.82. The quantitative estimate of drug-likeness (QED) is 0.320. The maximum atomic E-state index is 12.8. The number of carbonyl (C=O) groups is 1. The van der Waals surface area contributed by atoms with Crippen molar-refractivity contribution < 1.29 is 32.5 Å². The van der Waals surface area contributed by atoms with E-state index in [0.717, 1.165) is 33.5 Å². The molecule has 1 N–H and O–H groups in total. The minimum absolute atomic E-state index is 0.247. The van der Waals surface area contributed by atoms with Gasteiger partial charge in [0.1, 0.15) is 17.4 Å². The summed E-state index contributed by atoms with van der Waals surface area (Å²) >= 11 is 1.40. The van der Waals surface area contributed by atoms with Crippen molar-refractivity contribution in [1.82, 2.24) is 4.98 Å². The Morgan fingerprint density at radius 2 is 1.76 bits per heavy atom. The van der Waals surface area contributed by atoms with Gasteiger partial charge >= 0.3 is 12.1 Å². The van der Waals surface area contributed by atoms with Crippen LogP contribution in [0.25, 0.3) is 20.8 Å². The van der Waals surface area contributed by atoms with E-state index >= 15 is 0 Å². The average molecular weight is 487 g/mol. The van der Waals surface area contributed by atoms with E-state index in [1.165, 1.54) is 30.6 Å². The molecule has 0 saturated heterocycles. The molecule has 9 heteroatoms. The number of nitrogens with zero attached hydrogens (tertiary/aromatic N) is 1. The fourth-order valence-corrected chi connectivity index (χ4v) is 4.43. The van der Waals surface area contributed by atoms with Gasteiger partial charge in [-0.2, -0.15) is 13.2 Å². The van der Waals surface area contributed by atoms with Crippen LogP contribution in [0.5, 0.6) is 5.75 Å². The molecule has 1 aromatic heterocycles. The molecule has 0 radical (unpaired) electrons. The van der Waals surface area contributed by atoms with Crippen LogP contribution in [0.2, 0.25) is 0 Å². The molecule has 34 heavy (non-hydrogen) atoms. The van der Waals surface area contributed by atoms with Gasteiger partial charge in [0, 0.05) is 24.7 Å². The van der Waals surface area contributed by atoms with Gasteiger partial charge in [-0.3, -0.25) is 0 Å². The summed E-state index contributed by atoms with van der Waals surface area (Å²) in [5.74, 6) is -0.405. The van der Waals surface area contributed by atoms with E-state index in [4.69, 9.17) is 14.6 Å². The molecule has 0 saturated carbocycles. The molecule has 1 unspecified atom stereocenters. The zero-order valence-corrected chi connectivity index (χ0v) is 18.8. The number of rotatable bonds is 8. The molecule has 3 aromatic carbocycles. The largest absolute Gasteiger partial charge is 0.489 e. The molecule has 4 rings (SSSR count). The minimum Gasteiger partial charge on any atom is -0.489 e. The number of benzene rings is 3. The number of alkyl halides is 3. The summed E-state index contributed by atoms with van der Waals surface area (Å²) < 4.78 is 50.3. The first-order chi connectivity index (χ1) is 16.2. The van der Waals surface area contributed by atoms with Gasteiger partial charge in [-0.05, 0) is 35.9 Å². The summed E-state index contributed by atoms with van der Waals surface area (Å²) in [5, 5.41) is 9.74. The van der Waals surface area contributed by atoms with Crippen LogP contribution in [-0.2, 0) is 28.7 Å². The molecule has 0 bridgehead atoms. The fourth-order valence-electron chi connectivity index (χ4n) is 3.42. The summed E-state index contributed by atoms with van der Waals surface area (Å²) in [5.41, 5.74) is 2.32. The summed E-state index contributed by atoms with van der Waals surface area (Å²) in [6.07, 6.45) is -5.04. The van der Waals surface area contributed by atoms with Gasteiger partial charge in [-0.1, -0.05) is 36.4 Å². The molecule has 4 aromatic rings. The van der Waals surface area contributed by atoms with Gasteiger partial charge in [0.05, 0.1) is 15.8 Å². The third-order valence-corrected chi connectivity index (χ3v) is 6.33. The standard InChI is InChI=1S/C25H20F3NO4S/c1-32-20(24(30)31)13-15-5-11-19(12-6-15)33-14-17-3-2-4-21-22(17)29-23(34-21)16-7-9-18(10-8-16)25(26,27)28/h2-12,20H,13-14H2,1H3,(H,30,31). The third kappa shape index (κ3) is 5.37. The van der Waals surface area contributed by atoms with Gasteiger partial charge in [-0.15, -0.1) is 11.3 Å². The van der Waals surface area contributed by atoms with Crippen LogP contribution in [0.15, 0.2) is 66.7 Å². The third-order valence-electron chi connectivity index (χ3n) is 5.26. The molecule has 0 aliphatic rings. The van der Waals surface area contributed by atoms with Crippen molar-refractivity contribution in [3.05, 3.63) is 83.4 Å². The number of ether oxygens (including phenoxy) is 2. The maximum absolute atomic E-state index is 12.8. The molecule has 0 amide bonds. The Bertz CT molecular complexity index is 1280. The topological polar surface area (TPSA) is 68.7 Å². The van der Waals surface area contributed by atoms with Gasteiger partial charge in [0.25, 0.3) is 0 Å². The van der Waals surface area contributed by atoms with E-state index in [0.29, 0.717) is 16.3 Å². The lowest BCUT2D eigenvalue weighted by molar-refractivity contribution is -0.148. The van der Waals surface area contributed by atoms with Gasteiger partial charge in [0.2, 0.25) is 0 Å². The highest BCUT2D eigenvalue weighted by Gasteiger charge is 2.30. The number of hydrogen-bond acceptors (Lipinski definition) is 5. The van der Waals surface area contributed by atoms with E-state index in [1.807, 2.05) is 18.2 Å². The lowest BCUT2D eigenvalue weighted by Gasteiger charge is -2.11. The summed E-state index contributed by atoms with van der Waals surface area (Å²) in [6.45, 7) is 0.253. The maximum Gasteiger partial charge on any atom is 0.416 e. The Kier molecular flexibility index (Phi) is 6.85. The second-order valence-corrected chi connectivity index (χ2v) is 8.59. The second-order valence-electron chi connectivity index (χ2n) is 7.56. The normalized spacial score (nSPS) is 12.6. The number of fused-ring (bicyclic) bond motifs is 1. The first-order valence-corrected chi connectivity index (χ1v) is 11.1. The number of carboxylic acids is 1. The van der Waals surface area contributed by atoms with Crippen molar-refractivity contribution in [3.63, 3.8) is 0 Å². The van der Waals surface area contributed by atoms with Gasteiger partial charge < -0.3 is 14.6 Å². The van der Waals surface area contributed by atoms with Crippen molar-refractivity contribution in [2.45, 2.75) is 25.3 Å². The first kappa shape index (κ1) is 23.7. The zero-order chi connectivity index (χ0) is 24.3. The average Bonchev–Trinajstić information content (AvgIpc) is 3.26. The molecular formula is C25H20F3NO4S. The molecule has 1 atom stereocenters. The lowest BCUT2D eigenvalue weighted by Crippen LogP contribution is -2.24. The number of thiazole rings is 1. The Hall–Kier alpha value is -3.43. The number of para-hydroxylation sites is 1. The lowest BCUT2D eigenvalue weighted by atomic mass is 10.1. The Morgan fingerprint density at radius 1 is 1.06 bits per heavy atom. The van der Waals surface area contributed by atoms with Gasteiger partial charge in [-0.25, -0.2) is 9.78 Å². The Balaban J connectivity index is 1.48. The first-order valence-electron chi connectivity index (χ1n) is 10.3. The van der Waals surface area contributed by atoms with Crippen LogP contribution >= 0.6 is 11.3 Å². The summed E-state index contributed by atoms with van der Waals surface area (Å²) in [6, 6.07) is 17.8. The highest BCUT2D eigenvalue weighted by molar-refractivity contribution is 7.21. The molecular weight excluding hydrogens is 467 g/mol. The molecule has 5 nitrogen and oxygen atoms in total. The van der Waals surface area contributed by atoms with E-state index in [2.05, 4.69) is 4.98 Å². The number of aromatic nitrogens is 1. The van der Waals surface area contributed by atoms with Crippen molar-refractivity contribution in [2.75, 3.05) is 7.11 Å². The number of hydrogen-bond donors (Lipinski definition) is 1. The molecule has 1 heterocycles. The van der Waals surface area contributed by atoms with Crippen LogP contribution in [-0.4, -0.2) is 29.3 Å². The Labute approximate surface area is 197 Å². The van der Waals surface area contributed by atoms with Crippen molar-refractivity contribution in [3.8, 4) is 16.3 Å². The number of carboxylic acid groups (broad SMARTS) is 1. The van der Waals surface area contributed by atoms with Crippen LogP contribution in [0.3, 0.4) is 0 Å². The number of aliphatic carboxylic acids is 1. The van der Waals surface area contributed by atoms with Crippen molar-refractivity contribution in [1.29, 1.82) is 0 Å². The Morgan fingerprint density at radius 3 is 2.38 bits per heavy atom. The monoisotopic (exact) mass is 487 g/mol. The van der Waals surface area contributed by atoms with Crippen molar-refractivity contribution in [2.24, 2.45) is 0 Å². The van der Waals surface area contributed by atoms with Crippen LogP contribution < -0.4 is 4.74 Å². The predicted molar refractivity (Wildman–Crippen MR) is 123 cm³/mol. The predicted octanol–water partition coefficient (Wildman–Crippen LogP) is 6.20. The number of methoxy groups -OCH3 is 1. The highest BCUT2D eigenvalue weighted by Crippen LogP contribution is 2.35. The molecule has 0 spiro atoms. The smallest absolute Gasteiger partial charge is 0.416 e. The fraction of sp³-hybridized carbons (Fsp3) is 0.200. The SMILES string of the molecule is COC(Cc1ccc(OCc2cccc3sc(-c4ccc(C(F)(F)F)cc4)nc23)cc1)C(=O)O. The molecule has 176 valence electrons. The van der Waals surface area contributed by atoms with Crippen molar-refractivity contribution >= 4 is 27.5 Å². The van der Waals surface area contributed by atoms with Crippen LogP contribution in [0.1, 0.15) is 16.7 Å². The highest BCUT2D eigenvalue weighted by atomic mass is 32.1. The zero-order valence-electron chi connectivity index (χ0n) is 18.0. The van der Waals surface area contributed by atoms with E-state index < -0.39 is 23.8 Å². The number of halogens is 3.